The van der Waals surface area contributed by atoms with Crippen molar-refractivity contribution in [3.05, 3.63) is 18.0 Å². The zero-order valence-corrected chi connectivity index (χ0v) is 12.3. The van der Waals surface area contributed by atoms with Crippen molar-refractivity contribution in [2.45, 2.75) is 5.75 Å². The normalized spacial score (nSPS) is 10.8. The summed E-state index contributed by atoms with van der Waals surface area (Å²) < 4.78 is 5.24. The number of hydrogen-bond donors (Lipinski definition) is 3. The molecule has 0 aliphatic heterocycles. The number of ether oxygens (including phenoxy) is 1. The largest absolute Gasteiger partial charge is 0.493 e. The number of pyridine rings is 1. The summed E-state index contributed by atoms with van der Waals surface area (Å²) in [5.41, 5.74) is 7.22. The van der Waals surface area contributed by atoms with Crippen LogP contribution in [0.3, 0.4) is 0 Å². The molecule has 0 fully saturated rings. The lowest BCUT2D eigenvalue weighted by molar-refractivity contribution is 0.411. The van der Waals surface area contributed by atoms with Crippen molar-refractivity contribution >= 4 is 23.4 Å². The van der Waals surface area contributed by atoms with Gasteiger partial charge < -0.3 is 15.8 Å². The Morgan fingerprint density at radius 1 is 1.65 bits per heavy atom. The van der Waals surface area contributed by atoms with Crippen LogP contribution in [0, 0.1) is 11.5 Å². The van der Waals surface area contributed by atoms with Crippen molar-refractivity contribution < 1.29 is 4.74 Å². The van der Waals surface area contributed by atoms with Crippen molar-refractivity contribution in [3.63, 3.8) is 0 Å². The minimum absolute atomic E-state index is 0.466. The zero-order valence-electron chi connectivity index (χ0n) is 11.5. The lowest BCUT2D eigenvalue weighted by Crippen LogP contribution is -2.31. The fraction of sp³-hybridized carbons (Fsp3) is 0.417. The molecule has 0 saturated carbocycles. The van der Waals surface area contributed by atoms with Gasteiger partial charge in [0.2, 0.25) is 5.96 Å². The summed E-state index contributed by atoms with van der Waals surface area (Å²) in [5, 5.41) is 13.7. The molecule has 1 aromatic heterocycles. The first-order valence-corrected chi connectivity index (χ1v) is 7.10. The first-order valence-electron chi connectivity index (χ1n) is 5.95. The van der Waals surface area contributed by atoms with E-state index in [1.54, 1.807) is 38.2 Å². The Morgan fingerprint density at radius 2 is 2.45 bits per heavy atom. The van der Waals surface area contributed by atoms with Crippen LogP contribution in [0.2, 0.25) is 0 Å². The van der Waals surface area contributed by atoms with Gasteiger partial charge in [0.1, 0.15) is 0 Å². The van der Waals surface area contributed by atoms with Crippen LogP contribution in [0.25, 0.3) is 0 Å². The second kappa shape index (κ2) is 8.87. The molecule has 1 rings (SSSR count). The van der Waals surface area contributed by atoms with Crippen LogP contribution in [0.1, 0.15) is 5.69 Å². The summed E-state index contributed by atoms with van der Waals surface area (Å²) in [4.78, 5) is 8.46. The Bertz CT molecular complexity index is 499. The number of rotatable bonds is 6. The summed E-state index contributed by atoms with van der Waals surface area (Å²) in [7, 11) is 3.29. The minimum Gasteiger partial charge on any atom is -0.493 e. The van der Waals surface area contributed by atoms with Crippen molar-refractivity contribution in [2.24, 2.45) is 4.99 Å². The molecule has 7 nitrogen and oxygen atoms in total. The number of nitriles is 1. The average molecular weight is 294 g/mol. The van der Waals surface area contributed by atoms with E-state index < -0.39 is 0 Å². The first kappa shape index (κ1) is 15.9. The third kappa shape index (κ3) is 4.85. The zero-order chi connectivity index (χ0) is 14.8. The number of aliphatic imine (C=N–C) groups is 1. The fourth-order valence-electron chi connectivity index (χ4n) is 1.47. The van der Waals surface area contributed by atoms with Crippen molar-refractivity contribution in [2.75, 3.05) is 32.2 Å². The molecule has 1 aromatic rings. The van der Waals surface area contributed by atoms with Crippen LogP contribution >= 0.6 is 11.8 Å². The standard InChI is InChI=1S/C12H18N6OS/c1-15-12(18-8-13)17-5-6-20-7-10-11(19-2)9(14)3-4-16-10/h3-4H,5-7H2,1-2H3,(H2,14,16)(H2,15,17,18). The van der Waals surface area contributed by atoms with Crippen molar-refractivity contribution in [1.29, 1.82) is 5.26 Å². The van der Waals surface area contributed by atoms with Gasteiger partial charge in [0.15, 0.2) is 11.9 Å². The summed E-state index contributed by atoms with van der Waals surface area (Å²) in [6, 6.07) is 1.71. The number of aromatic nitrogens is 1. The van der Waals surface area contributed by atoms with Crippen molar-refractivity contribution in [1.82, 2.24) is 15.6 Å². The van der Waals surface area contributed by atoms with E-state index in [2.05, 4.69) is 20.6 Å². The van der Waals surface area contributed by atoms with Gasteiger partial charge in [0.25, 0.3) is 0 Å². The van der Waals surface area contributed by atoms with Gasteiger partial charge in [-0.25, -0.2) is 0 Å². The van der Waals surface area contributed by atoms with Crippen LogP contribution in [-0.2, 0) is 5.75 Å². The lowest BCUT2D eigenvalue weighted by Gasteiger charge is -2.09. The highest BCUT2D eigenvalue weighted by molar-refractivity contribution is 7.98. The Kier molecular flexibility index (Phi) is 7.06. The van der Waals surface area contributed by atoms with Gasteiger partial charge in [0, 0.05) is 24.8 Å². The molecule has 0 amide bonds. The number of nitrogen functional groups attached to an aromatic ring is 1. The molecular formula is C12H18N6OS. The lowest BCUT2D eigenvalue weighted by atomic mass is 10.3. The second-order valence-corrected chi connectivity index (χ2v) is 4.76. The molecule has 0 aliphatic carbocycles. The van der Waals surface area contributed by atoms with Gasteiger partial charge in [-0.3, -0.25) is 15.3 Å². The van der Waals surface area contributed by atoms with Gasteiger partial charge >= 0.3 is 0 Å². The molecule has 8 heteroatoms. The van der Waals surface area contributed by atoms with E-state index in [9.17, 15) is 0 Å². The monoisotopic (exact) mass is 294 g/mol. The molecule has 0 aliphatic rings. The quantitative estimate of drug-likeness (QED) is 0.231. The molecule has 0 radical (unpaired) electrons. The Balaban J connectivity index is 2.42. The molecule has 0 saturated heterocycles. The maximum atomic E-state index is 8.48. The summed E-state index contributed by atoms with van der Waals surface area (Å²) in [6.45, 7) is 0.597. The van der Waals surface area contributed by atoms with Crippen LogP contribution in [0.15, 0.2) is 17.3 Å². The highest BCUT2D eigenvalue weighted by Gasteiger charge is 2.07. The number of thioether (sulfide) groups is 1. The Morgan fingerprint density at radius 3 is 3.10 bits per heavy atom. The van der Waals surface area contributed by atoms with Crippen molar-refractivity contribution in [3.8, 4) is 11.9 Å². The van der Waals surface area contributed by atoms with Gasteiger partial charge in [-0.1, -0.05) is 0 Å². The number of nitrogens with zero attached hydrogens (tertiary/aromatic N) is 3. The van der Waals surface area contributed by atoms with Crippen LogP contribution in [-0.4, -0.2) is 37.4 Å². The molecule has 0 unspecified atom stereocenters. The Hall–Kier alpha value is -2.14. The van der Waals surface area contributed by atoms with E-state index in [1.165, 1.54) is 0 Å². The predicted molar refractivity (Wildman–Crippen MR) is 81.5 cm³/mol. The predicted octanol–water partition coefficient (Wildman–Crippen LogP) is 0.552. The van der Waals surface area contributed by atoms with Crippen LogP contribution < -0.4 is 21.1 Å². The molecule has 4 N–H and O–H groups in total. The number of nitrogens with two attached hydrogens (primary N) is 1. The summed E-state index contributed by atoms with van der Waals surface area (Å²) >= 11 is 1.67. The van der Waals surface area contributed by atoms with Gasteiger partial charge in [-0.2, -0.15) is 17.0 Å². The van der Waals surface area contributed by atoms with E-state index in [0.29, 0.717) is 29.7 Å². The molecule has 0 atom stereocenters. The number of anilines is 1. The van der Waals surface area contributed by atoms with E-state index in [1.807, 2.05) is 6.19 Å². The minimum atomic E-state index is 0.466. The average Bonchev–Trinajstić information content (AvgIpc) is 2.46. The van der Waals surface area contributed by atoms with Crippen LogP contribution in [0.5, 0.6) is 5.75 Å². The smallest absolute Gasteiger partial charge is 0.204 e. The SMILES string of the molecule is CN/C(=N/CCSCc1nccc(N)c1OC)NC#N. The number of hydrogen-bond acceptors (Lipinski definition) is 6. The molecule has 20 heavy (non-hydrogen) atoms. The summed E-state index contributed by atoms with van der Waals surface area (Å²) in [6.07, 6.45) is 3.48. The van der Waals surface area contributed by atoms with Crippen LogP contribution in [0.4, 0.5) is 5.69 Å². The van der Waals surface area contributed by atoms with E-state index in [0.717, 1.165) is 11.4 Å². The van der Waals surface area contributed by atoms with Gasteiger partial charge in [0.05, 0.1) is 25.0 Å². The number of nitrogens with one attached hydrogen (secondary N) is 2. The van der Waals surface area contributed by atoms with E-state index >= 15 is 0 Å². The molecular weight excluding hydrogens is 276 g/mol. The van der Waals surface area contributed by atoms with Gasteiger partial charge in [-0.15, -0.1) is 0 Å². The topological polar surface area (TPSA) is 108 Å². The van der Waals surface area contributed by atoms with E-state index in [-0.39, 0.29) is 0 Å². The highest BCUT2D eigenvalue weighted by Crippen LogP contribution is 2.26. The van der Waals surface area contributed by atoms with E-state index in [4.69, 9.17) is 15.7 Å². The molecule has 0 aromatic carbocycles. The maximum absolute atomic E-state index is 8.48. The second-order valence-electron chi connectivity index (χ2n) is 3.65. The molecule has 0 bridgehead atoms. The Labute approximate surface area is 122 Å². The first-order chi connectivity index (χ1) is 9.72. The summed E-state index contributed by atoms with van der Waals surface area (Å²) in [5.74, 6) is 2.60. The third-order valence-corrected chi connectivity index (χ3v) is 3.32. The van der Waals surface area contributed by atoms with Gasteiger partial charge in [-0.05, 0) is 6.07 Å². The maximum Gasteiger partial charge on any atom is 0.204 e. The molecule has 0 spiro atoms. The number of methoxy groups -OCH3 is 1. The number of guanidine groups is 1. The molecule has 108 valence electrons. The fourth-order valence-corrected chi connectivity index (χ4v) is 2.24. The highest BCUT2D eigenvalue weighted by atomic mass is 32.2. The molecule has 1 heterocycles. The third-order valence-electron chi connectivity index (χ3n) is 2.37.